The van der Waals surface area contributed by atoms with Crippen LogP contribution in [0.3, 0.4) is 0 Å². The number of anilines is 1. The summed E-state index contributed by atoms with van der Waals surface area (Å²) in [7, 11) is -3.61. The summed E-state index contributed by atoms with van der Waals surface area (Å²) < 4.78 is 27.8. The highest BCUT2D eigenvalue weighted by Crippen LogP contribution is 2.26. The summed E-state index contributed by atoms with van der Waals surface area (Å²) in [6.45, 7) is 2.81. The van der Waals surface area contributed by atoms with Crippen molar-refractivity contribution in [1.29, 1.82) is 0 Å². The molecule has 0 radical (unpaired) electrons. The number of sulfonamides is 1. The number of Topliss-reactive ketones (excluding diaryl/α,β-unsaturated/α-hetero) is 1. The number of nitrogens with one attached hydrogen (secondary N) is 1. The van der Waals surface area contributed by atoms with Crippen LogP contribution in [0.15, 0.2) is 53.4 Å². The topological polar surface area (TPSA) is 83.5 Å². The maximum atomic E-state index is 13.1. The van der Waals surface area contributed by atoms with Crippen molar-refractivity contribution in [2.75, 3.05) is 18.4 Å². The smallest absolute Gasteiger partial charge is 0.243 e. The van der Waals surface area contributed by atoms with Gasteiger partial charge < -0.3 is 5.32 Å². The van der Waals surface area contributed by atoms with E-state index >= 15 is 0 Å². The van der Waals surface area contributed by atoms with Gasteiger partial charge in [0.2, 0.25) is 15.9 Å². The van der Waals surface area contributed by atoms with E-state index in [1.807, 2.05) is 6.07 Å². The van der Waals surface area contributed by atoms with E-state index in [1.165, 1.54) is 6.07 Å². The zero-order valence-electron chi connectivity index (χ0n) is 17.3. The van der Waals surface area contributed by atoms with Crippen molar-refractivity contribution in [3.8, 4) is 0 Å². The minimum atomic E-state index is -3.61. The van der Waals surface area contributed by atoms with Crippen LogP contribution in [0.4, 0.5) is 5.69 Å². The molecule has 0 spiro atoms. The summed E-state index contributed by atoms with van der Waals surface area (Å²) >= 11 is 0. The van der Waals surface area contributed by atoms with E-state index in [1.54, 1.807) is 47.6 Å². The summed E-state index contributed by atoms with van der Waals surface area (Å²) in [6.07, 6.45) is 3.95. The summed E-state index contributed by atoms with van der Waals surface area (Å²) in [4.78, 5) is 24.7. The molecule has 7 heteroatoms. The highest BCUT2D eigenvalue weighted by Gasteiger charge is 2.27. The number of hydrogen-bond acceptors (Lipinski definition) is 4. The van der Waals surface area contributed by atoms with Crippen molar-refractivity contribution < 1.29 is 18.0 Å². The van der Waals surface area contributed by atoms with Crippen LogP contribution in [0.25, 0.3) is 0 Å². The lowest BCUT2D eigenvalue weighted by Crippen LogP contribution is -2.32. The van der Waals surface area contributed by atoms with Gasteiger partial charge in [0.1, 0.15) is 0 Å². The molecule has 1 fully saturated rings. The fraction of sp³-hybridized carbons (Fsp3) is 0.391. The molecule has 0 aromatic heterocycles. The number of nitrogens with zero attached hydrogens (tertiary/aromatic N) is 1. The second kappa shape index (κ2) is 10.00. The predicted octanol–water partition coefficient (Wildman–Crippen LogP) is 4.16. The average Bonchev–Trinajstić information content (AvgIpc) is 3.04. The molecule has 0 atom stereocenters. The summed E-state index contributed by atoms with van der Waals surface area (Å²) in [6, 6.07) is 13.8. The molecule has 1 N–H and O–H groups in total. The third-order valence-corrected chi connectivity index (χ3v) is 7.37. The van der Waals surface area contributed by atoms with Crippen LogP contribution in [0, 0.1) is 6.92 Å². The molecule has 30 heavy (non-hydrogen) atoms. The molecular weight excluding hydrogens is 400 g/mol. The Bertz CT molecular complexity index is 995. The molecule has 3 rings (SSSR count). The first-order valence-electron chi connectivity index (χ1n) is 10.4. The van der Waals surface area contributed by atoms with Gasteiger partial charge in [0, 0.05) is 37.2 Å². The van der Waals surface area contributed by atoms with E-state index in [0.29, 0.717) is 29.9 Å². The molecule has 1 aliphatic rings. The van der Waals surface area contributed by atoms with Gasteiger partial charge >= 0.3 is 0 Å². The van der Waals surface area contributed by atoms with Gasteiger partial charge in [-0.2, -0.15) is 4.31 Å². The highest BCUT2D eigenvalue weighted by molar-refractivity contribution is 7.89. The number of rotatable bonds is 7. The van der Waals surface area contributed by atoms with Gasteiger partial charge in [0.05, 0.1) is 4.90 Å². The Morgan fingerprint density at radius 3 is 2.27 bits per heavy atom. The van der Waals surface area contributed by atoms with Crippen molar-refractivity contribution in [3.05, 3.63) is 59.7 Å². The van der Waals surface area contributed by atoms with Gasteiger partial charge in [-0.15, -0.1) is 0 Å². The molecule has 1 aliphatic heterocycles. The molecule has 160 valence electrons. The average molecular weight is 429 g/mol. The lowest BCUT2D eigenvalue weighted by molar-refractivity contribution is -0.116. The zero-order valence-corrected chi connectivity index (χ0v) is 18.1. The Balaban J connectivity index is 1.67. The van der Waals surface area contributed by atoms with Crippen molar-refractivity contribution in [2.24, 2.45) is 0 Å². The quantitative estimate of drug-likeness (QED) is 0.671. The number of carbonyl (C=O) groups is 2. The van der Waals surface area contributed by atoms with E-state index in [4.69, 9.17) is 0 Å². The van der Waals surface area contributed by atoms with Gasteiger partial charge in [-0.05, 0) is 37.5 Å². The number of hydrogen-bond donors (Lipinski definition) is 1. The first-order valence-corrected chi connectivity index (χ1v) is 11.8. The van der Waals surface area contributed by atoms with Crippen LogP contribution in [0.1, 0.15) is 54.4 Å². The Hall–Kier alpha value is -2.51. The molecule has 0 aliphatic carbocycles. The Morgan fingerprint density at radius 2 is 1.60 bits per heavy atom. The minimum absolute atomic E-state index is 0.0375. The summed E-state index contributed by atoms with van der Waals surface area (Å²) in [5.74, 6) is -0.416. The highest BCUT2D eigenvalue weighted by atomic mass is 32.2. The lowest BCUT2D eigenvalue weighted by Gasteiger charge is -2.21. The van der Waals surface area contributed by atoms with Gasteiger partial charge in [-0.25, -0.2) is 8.42 Å². The van der Waals surface area contributed by atoms with Gasteiger partial charge in [-0.1, -0.05) is 49.2 Å². The fourth-order valence-corrected chi connectivity index (χ4v) is 5.36. The maximum absolute atomic E-state index is 13.1. The van der Waals surface area contributed by atoms with Crippen LogP contribution < -0.4 is 5.32 Å². The molecule has 0 saturated carbocycles. The summed E-state index contributed by atoms with van der Waals surface area (Å²) in [5.41, 5.74) is 1.65. The fourth-order valence-electron chi connectivity index (χ4n) is 3.60. The monoisotopic (exact) mass is 428 g/mol. The molecule has 1 amide bonds. The van der Waals surface area contributed by atoms with Crippen molar-refractivity contribution in [2.45, 2.75) is 50.3 Å². The van der Waals surface area contributed by atoms with Gasteiger partial charge in [-0.3, -0.25) is 9.59 Å². The largest absolute Gasteiger partial charge is 0.326 e. The normalized spacial score (nSPS) is 15.4. The van der Waals surface area contributed by atoms with Crippen LogP contribution in [0.2, 0.25) is 0 Å². The van der Waals surface area contributed by atoms with Crippen LogP contribution in [-0.4, -0.2) is 37.5 Å². The van der Waals surface area contributed by atoms with Gasteiger partial charge in [0.15, 0.2) is 5.78 Å². The van der Waals surface area contributed by atoms with E-state index in [0.717, 1.165) is 25.7 Å². The number of carbonyl (C=O) groups excluding carboxylic acids is 2. The second-order valence-electron chi connectivity index (χ2n) is 7.64. The number of ketones is 1. The number of aryl methyl sites for hydroxylation is 1. The third-order valence-electron chi connectivity index (χ3n) is 5.33. The number of amides is 1. The number of benzene rings is 2. The second-order valence-corrected chi connectivity index (χ2v) is 9.54. The maximum Gasteiger partial charge on any atom is 0.243 e. The first kappa shape index (κ1) is 22.2. The molecular formula is C23H28N2O4S. The minimum Gasteiger partial charge on any atom is -0.326 e. The zero-order chi connectivity index (χ0) is 21.6. The summed E-state index contributed by atoms with van der Waals surface area (Å²) in [5, 5.41) is 2.73. The molecule has 2 aromatic carbocycles. The van der Waals surface area contributed by atoms with E-state index < -0.39 is 10.0 Å². The standard InChI is InChI=1S/C23H28N2O4S/c1-18-11-12-20(17-22(18)30(28,29)25-15-7-2-3-8-16-25)24-23(27)14-13-21(26)19-9-5-4-6-10-19/h4-6,9-12,17H,2-3,7-8,13-16H2,1H3,(H,24,27). The Labute approximate surface area is 178 Å². The van der Waals surface area contributed by atoms with Crippen LogP contribution >= 0.6 is 0 Å². The lowest BCUT2D eigenvalue weighted by atomic mass is 10.1. The van der Waals surface area contributed by atoms with Crippen molar-refractivity contribution >= 4 is 27.4 Å². The van der Waals surface area contributed by atoms with Crippen molar-refractivity contribution in [1.82, 2.24) is 4.31 Å². The SMILES string of the molecule is Cc1ccc(NC(=O)CCC(=O)c2ccccc2)cc1S(=O)(=O)N1CCCCCC1. The first-order chi connectivity index (χ1) is 14.4. The molecule has 1 saturated heterocycles. The van der Waals surface area contributed by atoms with Crippen molar-refractivity contribution in [3.63, 3.8) is 0 Å². The molecule has 1 heterocycles. The molecule has 2 aromatic rings. The van der Waals surface area contributed by atoms with E-state index in [2.05, 4.69) is 5.32 Å². The van der Waals surface area contributed by atoms with E-state index in [-0.39, 0.29) is 29.4 Å². The molecule has 0 bridgehead atoms. The Morgan fingerprint density at radius 1 is 0.933 bits per heavy atom. The molecule has 6 nitrogen and oxygen atoms in total. The van der Waals surface area contributed by atoms with Crippen LogP contribution in [-0.2, 0) is 14.8 Å². The van der Waals surface area contributed by atoms with Crippen LogP contribution in [0.5, 0.6) is 0 Å². The third kappa shape index (κ3) is 5.55. The van der Waals surface area contributed by atoms with E-state index in [9.17, 15) is 18.0 Å². The predicted molar refractivity (Wildman–Crippen MR) is 117 cm³/mol. The molecule has 0 unspecified atom stereocenters. The van der Waals surface area contributed by atoms with Gasteiger partial charge in [0.25, 0.3) is 0 Å². The Kier molecular flexibility index (Phi) is 7.39.